The van der Waals surface area contributed by atoms with E-state index in [1.54, 1.807) is 30.3 Å². The first-order valence-electron chi connectivity index (χ1n) is 7.97. The van der Waals surface area contributed by atoms with Gasteiger partial charge >= 0.3 is 12.1 Å². The monoisotopic (exact) mass is 339 g/mol. The minimum atomic E-state index is -0.322. The van der Waals surface area contributed by atoms with Crippen LogP contribution in [0.5, 0.6) is 0 Å². The fourth-order valence-corrected chi connectivity index (χ4v) is 3.45. The highest BCUT2D eigenvalue weighted by Crippen LogP contribution is 2.18. The van der Waals surface area contributed by atoms with Gasteiger partial charge in [0.2, 0.25) is 0 Å². The largest absolute Gasteiger partial charge is 0.446 e. The van der Waals surface area contributed by atoms with Gasteiger partial charge in [0.05, 0.1) is 6.54 Å². The van der Waals surface area contributed by atoms with Gasteiger partial charge in [-0.05, 0) is 23.4 Å². The van der Waals surface area contributed by atoms with Crippen molar-refractivity contribution in [3.05, 3.63) is 21.9 Å². The number of aryl methyl sites for hydroxylation is 1. The van der Waals surface area contributed by atoms with Crippen molar-refractivity contribution in [2.45, 2.75) is 38.8 Å². The minimum absolute atomic E-state index is 0.0437. The molecule has 1 aliphatic heterocycles. The van der Waals surface area contributed by atoms with Crippen molar-refractivity contribution in [2.75, 3.05) is 27.2 Å². The Morgan fingerprint density at radius 1 is 1.39 bits per heavy atom. The summed E-state index contributed by atoms with van der Waals surface area (Å²) >= 11 is 1.68. The molecule has 1 saturated heterocycles. The number of hydrogen-bond acceptors (Lipinski definition) is 4. The maximum atomic E-state index is 12.2. The highest BCUT2D eigenvalue weighted by Gasteiger charge is 2.25. The number of carbonyl (C=O) groups is 2. The Morgan fingerprint density at radius 3 is 2.70 bits per heavy atom. The van der Waals surface area contributed by atoms with Crippen LogP contribution in [0.15, 0.2) is 11.4 Å². The van der Waals surface area contributed by atoms with Crippen LogP contribution in [0.1, 0.15) is 30.2 Å². The molecule has 1 N–H and O–H groups in total. The molecule has 3 amide bonds. The van der Waals surface area contributed by atoms with Crippen molar-refractivity contribution in [2.24, 2.45) is 0 Å². The fourth-order valence-electron chi connectivity index (χ4n) is 2.53. The molecular weight excluding hydrogens is 314 g/mol. The standard InChI is InChI=1S/C16H25N3O3S/c1-4-12-7-10-23-14(12)11-17-15(20)19-8-5-13(6-9-19)22-16(21)18(2)3/h7,10,13H,4-6,8-9,11H2,1-3H3,(H,17,20). The van der Waals surface area contributed by atoms with Crippen LogP contribution in [0.25, 0.3) is 0 Å². The minimum Gasteiger partial charge on any atom is -0.446 e. The zero-order chi connectivity index (χ0) is 16.8. The zero-order valence-electron chi connectivity index (χ0n) is 14.0. The summed E-state index contributed by atoms with van der Waals surface area (Å²) in [5.74, 6) is 0. The Labute approximate surface area is 141 Å². The number of thiophene rings is 1. The van der Waals surface area contributed by atoms with E-state index < -0.39 is 0 Å². The van der Waals surface area contributed by atoms with Crippen LogP contribution in [0, 0.1) is 0 Å². The number of rotatable bonds is 4. The van der Waals surface area contributed by atoms with Crippen LogP contribution >= 0.6 is 11.3 Å². The van der Waals surface area contributed by atoms with Crippen LogP contribution < -0.4 is 5.32 Å². The molecule has 1 aromatic heterocycles. The number of amides is 3. The van der Waals surface area contributed by atoms with Gasteiger partial charge < -0.3 is 19.9 Å². The normalized spacial score (nSPS) is 15.3. The van der Waals surface area contributed by atoms with Gasteiger partial charge in [-0.2, -0.15) is 0 Å². The molecule has 6 nitrogen and oxygen atoms in total. The lowest BCUT2D eigenvalue weighted by Crippen LogP contribution is -2.46. The highest BCUT2D eigenvalue weighted by atomic mass is 32.1. The predicted molar refractivity (Wildman–Crippen MR) is 90.7 cm³/mol. The lowest BCUT2D eigenvalue weighted by Gasteiger charge is -2.32. The molecule has 1 fully saturated rings. The molecule has 2 heterocycles. The molecule has 0 saturated carbocycles. The summed E-state index contributed by atoms with van der Waals surface area (Å²) in [5, 5.41) is 5.05. The third-order valence-corrected chi connectivity index (χ3v) is 4.94. The van der Waals surface area contributed by atoms with Crippen molar-refractivity contribution in [3.63, 3.8) is 0 Å². The van der Waals surface area contributed by atoms with Crippen molar-refractivity contribution in [1.29, 1.82) is 0 Å². The molecule has 23 heavy (non-hydrogen) atoms. The summed E-state index contributed by atoms with van der Waals surface area (Å²) in [6, 6.07) is 2.06. The van der Waals surface area contributed by atoms with E-state index in [4.69, 9.17) is 4.74 Å². The third kappa shape index (κ3) is 4.86. The molecule has 0 radical (unpaired) electrons. The van der Waals surface area contributed by atoms with Gasteiger partial charge in [-0.15, -0.1) is 11.3 Å². The van der Waals surface area contributed by atoms with Gasteiger partial charge in [0, 0.05) is 44.9 Å². The fraction of sp³-hybridized carbons (Fsp3) is 0.625. The summed E-state index contributed by atoms with van der Waals surface area (Å²) in [7, 11) is 3.33. The second-order valence-corrected chi connectivity index (χ2v) is 6.85. The van der Waals surface area contributed by atoms with Crippen molar-refractivity contribution in [1.82, 2.24) is 15.1 Å². The Bertz CT molecular complexity index is 536. The first-order valence-corrected chi connectivity index (χ1v) is 8.85. The number of nitrogens with zero attached hydrogens (tertiary/aromatic N) is 2. The molecule has 0 aliphatic carbocycles. The first kappa shape index (κ1) is 17.6. The second kappa shape index (κ2) is 8.19. The summed E-state index contributed by atoms with van der Waals surface area (Å²) in [6.07, 6.45) is 1.94. The summed E-state index contributed by atoms with van der Waals surface area (Å²) < 4.78 is 5.36. The smallest absolute Gasteiger partial charge is 0.409 e. The molecule has 0 spiro atoms. The van der Waals surface area contributed by atoms with Crippen LogP contribution in [0.4, 0.5) is 9.59 Å². The Kier molecular flexibility index (Phi) is 6.27. The molecule has 128 valence electrons. The lowest BCUT2D eigenvalue weighted by atomic mass is 10.1. The molecule has 0 aromatic carbocycles. The quantitative estimate of drug-likeness (QED) is 0.917. The van der Waals surface area contributed by atoms with Crippen LogP contribution in [0.3, 0.4) is 0 Å². The van der Waals surface area contributed by atoms with Crippen LogP contribution in [-0.4, -0.2) is 55.2 Å². The van der Waals surface area contributed by atoms with Crippen molar-refractivity contribution in [3.8, 4) is 0 Å². The van der Waals surface area contributed by atoms with E-state index in [2.05, 4.69) is 23.7 Å². The van der Waals surface area contributed by atoms with Gasteiger partial charge in [-0.25, -0.2) is 9.59 Å². The highest BCUT2D eigenvalue weighted by molar-refractivity contribution is 7.10. The Morgan fingerprint density at radius 2 is 2.09 bits per heavy atom. The first-order chi connectivity index (χ1) is 11.0. The number of ether oxygens (including phenoxy) is 1. The lowest BCUT2D eigenvalue weighted by molar-refractivity contribution is 0.0429. The third-order valence-electron chi connectivity index (χ3n) is 3.98. The number of hydrogen-bond donors (Lipinski definition) is 1. The SMILES string of the molecule is CCc1ccsc1CNC(=O)N1CCC(OC(=O)N(C)C)CC1. The molecular formula is C16H25N3O3S. The molecule has 2 rings (SSSR count). The maximum Gasteiger partial charge on any atom is 0.409 e. The average molecular weight is 339 g/mol. The van der Waals surface area contributed by atoms with Crippen LogP contribution in [0.2, 0.25) is 0 Å². The van der Waals surface area contributed by atoms with E-state index in [9.17, 15) is 9.59 Å². The number of piperidine rings is 1. The number of carbonyl (C=O) groups excluding carboxylic acids is 2. The van der Waals surface area contributed by atoms with Crippen molar-refractivity contribution >= 4 is 23.5 Å². The van der Waals surface area contributed by atoms with Gasteiger partial charge in [-0.3, -0.25) is 0 Å². The Hall–Kier alpha value is -1.76. The maximum absolute atomic E-state index is 12.2. The summed E-state index contributed by atoms with van der Waals surface area (Å²) in [5.41, 5.74) is 1.30. The molecule has 7 heteroatoms. The predicted octanol–water partition coefficient (Wildman–Crippen LogP) is 2.68. The van der Waals surface area contributed by atoms with Crippen LogP contribution in [-0.2, 0) is 17.7 Å². The molecule has 1 aliphatic rings. The van der Waals surface area contributed by atoms with Gasteiger partial charge in [0.25, 0.3) is 0 Å². The van der Waals surface area contributed by atoms with E-state index in [1.165, 1.54) is 15.3 Å². The van der Waals surface area contributed by atoms with E-state index in [-0.39, 0.29) is 18.2 Å². The molecule has 0 bridgehead atoms. The van der Waals surface area contributed by atoms with Gasteiger partial charge in [0.15, 0.2) is 0 Å². The number of likely N-dealkylation sites (tertiary alicyclic amines) is 1. The van der Waals surface area contributed by atoms with Gasteiger partial charge in [-0.1, -0.05) is 6.92 Å². The number of nitrogens with one attached hydrogen (secondary N) is 1. The summed E-state index contributed by atoms with van der Waals surface area (Å²) in [4.78, 5) is 28.2. The topological polar surface area (TPSA) is 61.9 Å². The molecule has 1 aromatic rings. The van der Waals surface area contributed by atoms with E-state index in [1.807, 2.05) is 0 Å². The van der Waals surface area contributed by atoms with Crippen molar-refractivity contribution < 1.29 is 14.3 Å². The number of urea groups is 1. The molecule has 0 unspecified atom stereocenters. The second-order valence-electron chi connectivity index (χ2n) is 5.85. The van der Waals surface area contributed by atoms with E-state index in [0.717, 1.165) is 6.42 Å². The zero-order valence-corrected chi connectivity index (χ0v) is 14.8. The van der Waals surface area contributed by atoms with E-state index in [0.29, 0.717) is 32.5 Å². The summed E-state index contributed by atoms with van der Waals surface area (Å²) in [6.45, 7) is 3.92. The Balaban J connectivity index is 1.74. The van der Waals surface area contributed by atoms with E-state index >= 15 is 0 Å². The van der Waals surface area contributed by atoms with Gasteiger partial charge in [0.1, 0.15) is 6.10 Å². The average Bonchev–Trinajstić information content (AvgIpc) is 3.00. The molecule has 0 atom stereocenters.